The van der Waals surface area contributed by atoms with E-state index in [0.717, 1.165) is 24.9 Å². The van der Waals surface area contributed by atoms with Gasteiger partial charge < -0.3 is 9.40 Å². The van der Waals surface area contributed by atoms with Gasteiger partial charge in [0.2, 0.25) is 0 Å². The molecule has 0 saturated carbocycles. The third-order valence-corrected chi connectivity index (χ3v) is 5.08. The Morgan fingerprint density at radius 3 is 2.33 bits per heavy atom. The largest absolute Gasteiger partial charge is 0.435 e. The molecule has 0 atom stereocenters. The molecule has 0 aliphatic rings. The fraction of sp³-hybridized carbons (Fsp3) is 0.353. The van der Waals surface area contributed by atoms with E-state index in [1.807, 2.05) is 0 Å². The second-order valence-corrected chi connectivity index (χ2v) is 7.35. The van der Waals surface area contributed by atoms with Crippen LogP contribution in [0.3, 0.4) is 0 Å². The van der Waals surface area contributed by atoms with Gasteiger partial charge in [0.1, 0.15) is 18.3 Å². The molecule has 162 valence electrons. The van der Waals surface area contributed by atoms with Crippen LogP contribution in [0, 0.1) is 0 Å². The lowest BCUT2D eigenvalue weighted by atomic mass is 10.2. The van der Waals surface area contributed by atoms with Crippen molar-refractivity contribution >= 4 is 22.8 Å². The quantitative estimate of drug-likeness (QED) is 0.442. The number of hydrogen-bond acceptors (Lipinski definition) is 5. The fourth-order valence-corrected chi connectivity index (χ4v) is 3.69. The Morgan fingerprint density at radius 2 is 1.80 bits per heavy atom. The molecule has 6 nitrogen and oxygen atoms in total. The number of nitrogens with zero attached hydrogens (tertiary/aromatic N) is 4. The first-order chi connectivity index (χ1) is 13.9. The highest BCUT2D eigenvalue weighted by Gasteiger charge is 2.37. The van der Waals surface area contributed by atoms with Gasteiger partial charge in [-0.3, -0.25) is 9.78 Å². The summed E-state index contributed by atoms with van der Waals surface area (Å²) in [6.07, 6.45) is -8.89. The van der Waals surface area contributed by atoms with E-state index in [1.54, 1.807) is 6.92 Å². The first-order valence-electron chi connectivity index (χ1n) is 8.34. The van der Waals surface area contributed by atoms with Crippen molar-refractivity contribution in [2.75, 3.05) is 12.9 Å². The van der Waals surface area contributed by atoms with Crippen LogP contribution >= 0.6 is 11.8 Å². The summed E-state index contributed by atoms with van der Waals surface area (Å²) in [7, 11) is 2.27. The average Bonchev–Trinajstić information content (AvgIpc) is 2.97. The molecule has 0 aromatic carbocycles. The van der Waals surface area contributed by atoms with Crippen LogP contribution in [-0.4, -0.2) is 32.1 Å². The third-order valence-electron chi connectivity index (χ3n) is 4.17. The number of pyridine rings is 2. The molecule has 3 heterocycles. The van der Waals surface area contributed by atoms with Crippen molar-refractivity contribution in [3.05, 3.63) is 39.9 Å². The number of imidazole rings is 1. The van der Waals surface area contributed by atoms with Crippen LogP contribution in [-0.2, 0) is 19.4 Å². The van der Waals surface area contributed by atoms with Crippen molar-refractivity contribution in [2.24, 2.45) is 7.05 Å². The molecule has 0 aliphatic carbocycles. The first kappa shape index (κ1) is 22.0. The van der Waals surface area contributed by atoms with Gasteiger partial charge in [-0.15, -0.1) is 16.5 Å². The Labute approximate surface area is 169 Å². The molecule has 3 aromatic rings. The minimum absolute atomic E-state index is 0.0190. The van der Waals surface area contributed by atoms with Crippen molar-refractivity contribution in [1.82, 2.24) is 19.3 Å². The maximum Gasteiger partial charge on any atom is 0.435 e. The normalized spacial score (nSPS) is 12.6. The monoisotopic (exact) mass is 452 g/mol. The molecule has 0 bridgehead atoms. The molecule has 0 amide bonds. The van der Waals surface area contributed by atoms with E-state index in [0.29, 0.717) is 18.0 Å². The van der Waals surface area contributed by atoms with Crippen molar-refractivity contribution in [2.45, 2.75) is 24.2 Å². The molecule has 0 fully saturated rings. The van der Waals surface area contributed by atoms with E-state index in [2.05, 4.69) is 14.8 Å². The zero-order valence-corrected chi connectivity index (χ0v) is 16.5. The number of aromatic nitrogens is 4. The van der Waals surface area contributed by atoms with Crippen LogP contribution < -0.4 is 10.4 Å². The average molecular weight is 452 g/mol. The van der Waals surface area contributed by atoms with Crippen molar-refractivity contribution < 1.29 is 31.2 Å². The third kappa shape index (κ3) is 3.73. The molecule has 3 aromatic heterocycles. The Balaban J connectivity index is 2.32. The predicted octanol–water partition coefficient (Wildman–Crippen LogP) is 4.01. The molecule has 13 heteroatoms. The number of halogens is 6. The standard InChI is InChI=1S/C17H14F6N4O2S/c1-4-30-10-5-8(16(18,19)20)7-24-12(10)14-25-9-6-11(17(21,22)23)27(29-3)15(28)13(9)26(14)2/h5-7H,4H2,1-3H3. The smallest absolute Gasteiger partial charge is 0.413 e. The zero-order valence-electron chi connectivity index (χ0n) is 15.7. The number of thioether (sulfide) groups is 1. The Morgan fingerprint density at radius 1 is 1.13 bits per heavy atom. The van der Waals surface area contributed by atoms with Gasteiger partial charge in [-0.25, -0.2) is 4.98 Å². The zero-order chi connectivity index (χ0) is 22.4. The number of hydrogen-bond donors (Lipinski definition) is 0. The Kier molecular flexibility index (Phi) is 5.52. The molecular weight excluding hydrogens is 438 g/mol. The summed E-state index contributed by atoms with van der Waals surface area (Å²) >= 11 is 1.06. The maximum absolute atomic E-state index is 13.3. The highest BCUT2D eigenvalue weighted by Crippen LogP contribution is 2.37. The van der Waals surface area contributed by atoms with Crippen LogP contribution in [0.1, 0.15) is 18.2 Å². The van der Waals surface area contributed by atoms with Crippen LogP contribution in [0.2, 0.25) is 0 Å². The summed E-state index contributed by atoms with van der Waals surface area (Å²) in [4.78, 5) is 25.2. The van der Waals surface area contributed by atoms with E-state index in [9.17, 15) is 31.1 Å². The summed E-state index contributed by atoms with van der Waals surface area (Å²) in [5, 5.41) is 0. The lowest BCUT2D eigenvalue weighted by molar-refractivity contribution is -0.151. The van der Waals surface area contributed by atoms with Gasteiger partial charge in [0.15, 0.2) is 11.5 Å². The van der Waals surface area contributed by atoms with Crippen LogP contribution in [0.5, 0.6) is 0 Å². The molecule has 0 aliphatic heterocycles. The Hall–Kier alpha value is -2.70. The summed E-state index contributed by atoms with van der Waals surface area (Å²) in [6, 6.07) is 1.53. The SMILES string of the molecule is CCSc1cc(C(F)(F)F)cnc1-c1nc2cc(C(F)(F)F)n(OC)c(=O)c2n1C. The van der Waals surface area contributed by atoms with Gasteiger partial charge in [0, 0.05) is 18.1 Å². The van der Waals surface area contributed by atoms with E-state index in [-0.39, 0.29) is 32.2 Å². The maximum atomic E-state index is 13.3. The molecular formula is C17H14F6N4O2S. The van der Waals surface area contributed by atoms with Gasteiger partial charge >= 0.3 is 17.9 Å². The van der Waals surface area contributed by atoms with Crippen molar-refractivity contribution in [1.29, 1.82) is 0 Å². The predicted molar refractivity (Wildman–Crippen MR) is 97.1 cm³/mol. The van der Waals surface area contributed by atoms with Gasteiger partial charge in [0.25, 0.3) is 0 Å². The van der Waals surface area contributed by atoms with Crippen molar-refractivity contribution in [3.8, 4) is 11.5 Å². The Bertz CT molecular complexity index is 1170. The second-order valence-electron chi connectivity index (χ2n) is 6.04. The van der Waals surface area contributed by atoms with Gasteiger partial charge in [-0.05, 0) is 17.9 Å². The highest BCUT2D eigenvalue weighted by atomic mass is 32.2. The van der Waals surface area contributed by atoms with Crippen LogP contribution in [0.4, 0.5) is 26.3 Å². The lowest BCUT2D eigenvalue weighted by Crippen LogP contribution is -2.32. The minimum atomic E-state index is -4.89. The number of fused-ring (bicyclic) bond motifs is 1. The lowest BCUT2D eigenvalue weighted by Gasteiger charge is -2.13. The van der Waals surface area contributed by atoms with Crippen LogP contribution in [0.15, 0.2) is 28.0 Å². The second kappa shape index (κ2) is 7.52. The van der Waals surface area contributed by atoms with Crippen molar-refractivity contribution in [3.63, 3.8) is 0 Å². The molecule has 0 spiro atoms. The van der Waals surface area contributed by atoms with E-state index in [1.165, 1.54) is 11.6 Å². The van der Waals surface area contributed by atoms with E-state index in [4.69, 9.17) is 0 Å². The van der Waals surface area contributed by atoms with E-state index >= 15 is 0 Å². The molecule has 30 heavy (non-hydrogen) atoms. The minimum Gasteiger partial charge on any atom is -0.413 e. The molecule has 3 rings (SSSR count). The van der Waals surface area contributed by atoms with Gasteiger partial charge in [-0.2, -0.15) is 26.3 Å². The van der Waals surface area contributed by atoms with E-state index < -0.39 is 29.2 Å². The molecule has 0 N–H and O–H groups in total. The number of alkyl halides is 6. The topological polar surface area (TPSA) is 61.9 Å². The molecule has 0 radical (unpaired) electrons. The van der Waals surface area contributed by atoms with Gasteiger partial charge in [0.05, 0.1) is 11.1 Å². The molecule has 0 unspecified atom stereocenters. The number of aryl methyl sites for hydroxylation is 1. The van der Waals surface area contributed by atoms with Gasteiger partial charge in [-0.1, -0.05) is 6.92 Å². The first-order valence-corrected chi connectivity index (χ1v) is 9.33. The van der Waals surface area contributed by atoms with Crippen LogP contribution in [0.25, 0.3) is 22.6 Å². The molecule has 0 saturated heterocycles. The summed E-state index contributed by atoms with van der Waals surface area (Å²) in [5.74, 6) is 0.364. The fourth-order valence-electron chi connectivity index (χ4n) is 2.89. The number of rotatable bonds is 4. The summed E-state index contributed by atoms with van der Waals surface area (Å²) < 4.78 is 80.3. The summed E-state index contributed by atoms with van der Waals surface area (Å²) in [6.45, 7) is 1.72. The highest BCUT2D eigenvalue weighted by molar-refractivity contribution is 7.99. The summed E-state index contributed by atoms with van der Waals surface area (Å²) in [5.41, 5.74) is -3.93.